The van der Waals surface area contributed by atoms with E-state index in [0.29, 0.717) is 11.8 Å². The normalized spacial score (nSPS) is 19.5. The van der Waals surface area contributed by atoms with Crippen molar-refractivity contribution in [1.29, 1.82) is 0 Å². The maximum atomic E-state index is 6.37. The Morgan fingerprint density at radius 3 is 1.34 bits per heavy atom. The average Bonchev–Trinajstić information content (AvgIpc) is 2.46. The fourth-order valence-corrected chi connectivity index (χ4v) is 8.86. The van der Waals surface area contributed by atoms with Crippen molar-refractivity contribution in [2.45, 2.75) is 37.4 Å². The molecule has 29 heavy (non-hydrogen) atoms. The molecule has 0 saturated heterocycles. The largest absolute Gasteiger partial charge is 0.176 e. The molecule has 0 fully saturated rings. The third kappa shape index (κ3) is 21.1. The molecule has 0 N–H and O–H groups in total. The van der Waals surface area contributed by atoms with Gasteiger partial charge >= 0.3 is 0 Å². The van der Waals surface area contributed by atoms with Gasteiger partial charge in [-0.2, -0.15) is 12.6 Å². The predicted molar refractivity (Wildman–Crippen MR) is 163 cm³/mol. The number of halogens is 8. The molecule has 0 heterocycles. The van der Waals surface area contributed by atoms with Crippen molar-refractivity contribution in [3.8, 4) is 0 Å². The topological polar surface area (TPSA) is 0 Å². The van der Waals surface area contributed by atoms with Crippen molar-refractivity contribution in [3.05, 3.63) is 0 Å². The van der Waals surface area contributed by atoms with E-state index in [1.807, 2.05) is 25.0 Å². The Labute approximate surface area is 226 Å². The molecule has 0 spiro atoms. The zero-order valence-corrected chi connectivity index (χ0v) is 27.4. The average molecular weight is 670 g/mol. The van der Waals surface area contributed by atoms with Crippen LogP contribution in [0.2, 0.25) is 0 Å². The molecule has 0 nitrogen and oxygen atoms in total. The van der Waals surface area contributed by atoms with Gasteiger partial charge in [-0.15, -0.1) is 0 Å². The molecule has 184 valence electrons. The van der Waals surface area contributed by atoms with E-state index in [9.17, 15) is 0 Å². The van der Waals surface area contributed by atoms with Crippen LogP contribution in [0.1, 0.15) is 32.1 Å². The van der Waals surface area contributed by atoms with Crippen LogP contribution in [-0.4, -0.2) is 53.3 Å². The molecule has 0 bridgehead atoms. The molecule has 3 atom stereocenters. The van der Waals surface area contributed by atoms with E-state index in [2.05, 4.69) is 0 Å². The van der Waals surface area contributed by atoms with E-state index >= 15 is 0 Å². The van der Waals surface area contributed by atoms with E-state index < -0.39 is 33.8 Å². The van der Waals surface area contributed by atoms with Crippen LogP contribution < -0.4 is 0 Å². The van der Waals surface area contributed by atoms with Crippen molar-refractivity contribution in [2.24, 2.45) is 11.8 Å². The van der Waals surface area contributed by atoms with Gasteiger partial charge in [0.25, 0.3) is 0 Å². The Bertz CT molecular complexity index is 456. The fourth-order valence-electron chi connectivity index (χ4n) is 3.16. The number of rotatable bonds is 15. The van der Waals surface area contributed by atoms with Gasteiger partial charge < -0.3 is 0 Å². The summed E-state index contributed by atoms with van der Waals surface area (Å²) in [7, 11) is 44.1. The van der Waals surface area contributed by atoms with E-state index in [1.54, 1.807) is 0 Å². The van der Waals surface area contributed by atoms with Gasteiger partial charge in [0.1, 0.15) is 0 Å². The minimum Gasteiger partial charge on any atom is -0.176 e. The SMILES string of the molecule is CS(Cl)(Cl)CCCC(CCS(C)(Cl)Cl)C(CCS(C)(Cl)Cl)C(S)CCS(C)(Cl)Cl. The van der Waals surface area contributed by atoms with Crippen molar-refractivity contribution < 1.29 is 0 Å². The highest BCUT2D eigenvalue weighted by molar-refractivity contribution is 8.66. The molecule has 0 aliphatic carbocycles. The lowest BCUT2D eigenvalue weighted by Gasteiger charge is -2.36. The fraction of sp³-hybridized carbons (Fsp3) is 1.00. The standard InChI is InChI=1S/C16H34Cl8S5/c1-26(17,18)10-5-6-14(7-11-27(2,19)20)15(8-12-28(3,21)22)16(25)9-13-29(4,23)24/h14-16,25H,5-13H2,1-4H3. The van der Waals surface area contributed by atoms with Gasteiger partial charge in [-0.25, -0.2) is 0 Å². The molecule has 13 heteroatoms. The van der Waals surface area contributed by atoms with E-state index in [4.69, 9.17) is 98.1 Å². The second-order valence-corrected chi connectivity index (χ2v) is 35.3. The third-order valence-electron chi connectivity index (χ3n) is 4.61. The van der Waals surface area contributed by atoms with Crippen LogP contribution in [0.4, 0.5) is 0 Å². The molecular formula is C16H34Cl8S5. The van der Waals surface area contributed by atoms with Gasteiger partial charge in [0.05, 0.1) is 0 Å². The maximum absolute atomic E-state index is 6.37. The third-order valence-corrected chi connectivity index (χ3v) is 12.8. The van der Waals surface area contributed by atoms with Gasteiger partial charge in [-0.1, -0.05) is 119 Å². The van der Waals surface area contributed by atoms with Gasteiger partial charge in [0.15, 0.2) is 0 Å². The zero-order chi connectivity index (χ0) is 23.1. The summed E-state index contributed by atoms with van der Waals surface area (Å²) >= 11 is 4.96. The molecule has 0 aromatic rings. The highest BCUT2D eigenvalue weighted by Gasteiger charge is 2.31. The molecule has 3 unspecified atom stereocenters. The van der Waals surface area contributed by atoms with Crippen LogP contribution in [0, 0.1) is 11.8 Å². The summed E-state index contributed by atoms with van der Waals surface area (Å²) in [5.74, 6) is 3.81. The highest BCUT2D eigenvalue weighted by atomic mass is 36.0. The second kappa shape index (κ2) is 14.6. The Kier molecular flexibility index (Phi) is 16.6. The highest BCUT2D eigenvalue weighted by Crippen LogP contribution is 2.59. The Hall–Kier alpha value is 4.07. The summed E-state index contributed by atoms with van der Waals surface area (Å²) in [6.45, 7) is 0. The minimum absolute atomic E-state index is 0.150. The Morgan fingerprint density at radius 1 is 0.552 bits per heavy atom. The molecule has 0 aliphatic rings. The lowest BCUT2D eigenvalue weighted by atomic mass is 9.81. The number of hydrogen-bond acceptors (Lipinski definition) is 1. The molecule has 0 aliphatic heterocycles. The first-order valence-corrected chi connectivity index (χ1v) is 25.0. The maximum Gasteiger partial charge on any atom is 0.00561 e. The smallest absolute Gasteiger partial charge is 0.00561 e. The molecule has 0 rings (SSSR count). The molecule has 0 radical (unpaired) electrons. The van der Waals surface area contributed by atoms with E-state index in [1.165, 1.54) is 0 Å². The minimum atomic E-state index is -1.64. The van der Waals surface area contributed by atoms with Crippen LogP contribution in [-0.2, 0) is 0 Å². The lowest BCUT2D eigenvalue weighted by Crippen LogP contribution is -2.28. The summed E-state index contributed by atoms with van der Waals surface area (Å²) < 4.78 is 0. The summed E-state index contributed by atoms with van der Waals surface area (Å²) in [5, 5.41) is 0.150. The molecule has 0 amide bonds. The first-order chi connectivity index (χ1) is 12.8. The number of thiol groups is 1. The first-order valence-electron chi connectivity index (χ1n) is 9.08. The van der Waals surface area contributed by atoms with Crippen LogP contribution in [0.15, 0.2) is 0 Å². The van der Waals surface area contributed by atoms with Crippen molar-refractivity contribution in [3.63, 3.8) is 0 Å². The quantitative estimate of drug-likeness (QED) is 0.165. The predicted octanol–water partition coefficient (Wildman–Crippen LogP) is 11.4. The molecule has 0 aromatic carbocycles. The molecular weight excluding hydrogens is 636 g/mol. The van der Waals surface area contributed by atoms with Crippen LogP contribution >= 0.6 is 132 Å². The zero-order valence-electron chi connectivity index (χ0n) is 17.2. The van der Waals surface area contributed by atoms with E-state index in [-0.39, 0.29) is 5.25 Å². The number of hydrogen-bond donors (Lipinski definition) is 1. The second-order valence-electron chi connectivity index (χ2n) is 7.81. The van der Waals surface area contributed by atoms with Crippen LogP contribution in [0.3, 0.4) is 0 Å². The van der Waals surface area contributed by atoms with Gasteiger partial charge in [-0.3, -0.25) is 0 Å². The molecule has 0 saturated carbocycles. The van der Waals surface area contributed by atoms with Gasteiger partial charge in [0.2, 0.25) is 0 Å². The van der Waals surface area contributed by atoms with Crippen molar-refractivity contribution in [2.75, 3.05) is 48.0 Å². The van der Waals surface area contributed by atoms with E-state index in [0.717, 1.165) is 55.1 Å². The Morgan fingerprint density at radius 2 is 0.931 bits per heavy atom. The summed E-state index contributed by atoms with van der Waals surface area (Å²) in [5.41, 5.74) is 0. The Balaban J connectivity index is 5.38. The molecule has 0 aromatic heterocycles. The van der Waals surface area contributed by atoms with Gasteiger partial charge in [0, 0.05) is 28.3 Å². The monoisotopic (exact) mass is 666 g/mol. The van der Waals surface area contributed by atoms with Gasteiger partial charge in [-0.05, 0) is 69.0 Å². The summed E-state index contributed by atoms with van der Waals surface area (Å²) in [6.07, 6.45) is 12.2. The van der Waals surface area contributed by atoms with Crippen molar-refractivity contribution >= 4 is 132 Å². The van der Waals surface area contributed by atoms with Crippen molar-refractivity contribution in [1.82, 2.24) is 0 Å². The van der Waals surface area contributed by atoms with Crippen LogP contribution in [0.5, 0.6) is 0 Å². The summed E-state index contributed by atoms with van der Waals surface area (Å²) in [6, 6.07) is 0. The summed E-state index contributed by atoms with van der Waals surface area (Å²) in [4.78, 5) is 0. The lowest BCUT2D eigenvalue weighted by molar-refractivity contribution is 0.287. The first kappa shape index (κ1) is 33.1. The van der Waals surface area contributed by atoms with Crippen LogP contribution in [0.25, 0.3) is 0 Å².